The zero-order chi connectivity index (χ0) is 21.0. The van der Waals surface area contributed by atoms with Gasteiger partial charge in [0.1, 0.15) is 5.01 Å². The molecule has 0 fully saturated rings. The first-order valence-corrected chi connectivity index (χ1v) is 9.50. The van der Waals surface area contributed by atoms with Crippen LogP contribution in [0.15, 0.2) is 48.1 Å². The third-order valence-corrected chi connectivity index (χ3v) is 5.09. The Morgan fingerprint density at radius 3 is 2.80 bits per heavy atom. The zero-order valence-corrected chi connectivity index (χ0v) is 19.2. The summed E-state index contributed by atoms with van der Waals surface area (Å²) in [6.45, 7) is 0. The molecule has 152 valence electrons. The molecule has 0 bridgehead atoms. The average Bonchev–Trinajstić information content (AvgIpc) is 3.22. The molecule has 2 aromatic rings. The summed E-state index contributed by atoms with van der Waals surface area (Å²) in [5.41, 5.74) is 1.35. The Morgan fingerprint density at radius 1 is 1.37 bits per heavy atom. The summed E-state index contributed by atoms with van der Waals surface area (Å²) in [5, 5.41) is 16.7. The molecule has 1 aliphatic heterocycles. The normalized spacial score (nSPS) is 16.6. The number of amides is 3. The second-order valence-electron chi connectivity index (χ2n) is 6.33. The van der Waals surface area contributed by atoms with Gasteiger partial charge in [-0.3, -0.25) is 14.4 Å². The molecule has 1 unspecified atom stereocenters. The Kier molecular flexibility index (Phi) is 8.30. The zero-order valence-electron chi connectivity index (χ0n) is 17.4. The van der Waals surface area contributed by atoms with Gasteiger partial charge < -0.3 is 22.1 Å². The fraction of sp³-hybridized carbons (Fsp3) is 0.211. The number of carboxylic acids is 1. The summed E-state index contributed by atoms with van der Waals surface area (Å²) < 4.78 is 0. The quantitative estimate of drug-likeness (QED) is 0.379. The number of carbonyl (C=O) groups is 4. The number of urea groups is 1. The molecule has 9 nitrogen and oxygen atoms in total. The number of aromatic nitrogens is 1. The summed E-state index contributed by atoms with van der Waals surface area (Å²) in [5.74, 6) is -2.24. The van der Waals surface area contributed by atoms with Crippen LogP contribution >= 0.6 is 11.3 Å². The molecule has 0 aliphatic carbocycles. The number of hydrogen-bond acceptors (Lipinski definition) is 6. The number of ketones is 1. The molecule has 3 rings (SSSR count). The van der Waals surface area contributed by atoms with Crippen molar-refractivity contribution in [3.05, 3.63) is 53.7 Å². The minimum atomic E-state index is -1.35. The average molecular weight is 438 g/mol. The van der Waals surface area contributed by atoms with Gasteiger partial charge in [0.15, 0.2) is 11.8 Å². The maximum absolute atomic E-state index is 12.4. The maximum Gasteiger partial charge on any atom is 1.00 e. The molecule has 3 amide bonds. The molecule has 0 saturated heterocycles. The molecule has 1 aromatic carbocycles. The Balaban J connectivity index is 0.00000240. The van der Waals surface area contributed by atoms with Gasteiger partial charge in [-0.15, -0.1) is 11.3 Å². The van der Waals surface area contributed by atoms with Crippen LogP contribution in [0.5, 0.6) is 0 Å². The van der Waals surface area contributed by atoms with Gasteiger partial charge in [-0.25, -0.2) is 9.78 Å². The molecule has 0 saturated carbocycles. The van der Waals surface area contributed by atoms with Gasteiger partial charge in [-0.2, -0.15) is 0 Å². The largest absolute Gasteiger partial charge is 1.00 e. The fourth-order valence-corrected chi connectivity index (χ4v) is 3.46. The van der Waals surface area contributed by atoms with Crippen molar-refractivity contribution in [3.8, 4) is 10.6 Å². The molecule has 2 atom stereocenters. The Hall–Kier alpha value is -2.53. The van der Waals surface area contributed by atoms with Crippen molar-refractivity contribution in [1.82, 2.24) is 20.5 Å². The first-order chi connectivity index (χ1) is 13.8. The molecule has 0 spiro atoms. The van der Waals surface area contributed by atoms with Crippen molar-refractivity contribution >= 4 is 35.0 Å². The number of carboxylic acid groups (broad SMARTS) is 1. The monoisotopic (exact) mass is 438 g/mol. The minimum Gasteiger partial charge on any atom is -1.00 e. The third kappa shape index (κ3) is 5.76. The van der Waals surface area contributed by atoms with Crippen LogP contribution in [0, 0.1) is 0 Å². The number of rotatable bonds is 6. The number of benzene rings is 1. The number of likely N-dealkylation sites (N-methyl/N-ethyl adjacent to an activating group) is 1. The summed E-state index contributed by atoms with van der Waals surface area (Å²) in [6.07, 6.45) is 3.80. The summed E-state index contributed by atoms with van der Waals surface area (Å²) in [4.78, 5) is 53.2. The van der Waals surface area contributed by atoms with E-state index in [9.17, 15) is 24.3 Å². The van der Waals surface area contributed by atoms with E-state index in [1.807, 2.05) is 11.4 Å². The van der Waals surface area contributed by atoms with E-state index in [1.165, 1.54) is 35.6 Å². The minimum absolute atomic E-state index is 0. The van der Waals surface area contributed by atoms with E-state index in [2.05, 4.69) is 15.6 Å². The van der Waals surface area contributed by atoms with Crippen LogP contribution in [-0.2, 0) is 14.4 Å². The van der Waals surface area contributed by atoms with Crippen LogP contribution < -0.4 is 40.2 Å². The molecule has 1 aliphatic rings. The van der Waals surface area contributed by atoms with Crippen LogP contribution in [0.2, 0.25) is 0 Å². The van der Waals surface area contributed by atoms with Crippen molar-refractivity contribution in [2.75, 3.05) is 7.05 Å². The molecule has 2 heterocycles. The van der Waals surface area contributed by atoms with Crippen LogP contribution in [0.4, 0.5) is 4.79 Å². The van der Waals surface area contributed by atoms with Crippen LogP contribution in [0.3, 0.4) is 0 Å². The van der Waals surface area contributed by atoms with E-state index in [0.29, 0.717) is 5.56 Å². The van der Waals surface area contributed by atoms with E-state index in [0.717, 1.165) is 10.6 Å². The predicted octanol–water partition coefficient (Wildman–Crippen LogP) is -1.33. The van der Waals surface area contributed by atoms with Crippen molar-refractivity contribution in [2.45, 2.75) is 18.5 Å². The predicted molar refractivity (Wildman–Crippen MR) is 106 cm³/mol. The Bertz CT molecular complexity index is 985. The molecule has 11 heteroatoms. The molecule has 0 radical (unpaired) electrons. The number of carbonyl (C=O) groups excluding carboxylic acids is 3. The molecule has 30 heavy (non-hydrogen) atoms. The van der Waals surface area contributed by atoms with Gasteiger partial charge in [-0.05, 0) is 11.6 Å². The second kappa shape index (κ2) is 10.5. The van der Waals surface area contributed by atoms with E-state index < -0.39 is 35.8 Å². The van der Waals surface area contributed by atoms with Gasteiger partial charge in [0, 0.05) is 36.5 Å². The molecular weight excluding hydrogens is 419 g/mol. The molecule has 3 N–H and O–H groups in total. The van der Waals surface area contributed by atoms with Gasteiger partial charge in [-0.1, -0.05) is 18.2 Å². The topological polar surface area (TPSA) is 129 Å². The van der Waals surface area contributed by atoms with Gasteiger partial charge in [0.2, 0.25) is 0 Å². The maximum atomic E-state index is 12.4. The van der Waals surface area contributed by atoms with Crippen molar-refractivity contribution in [3.63, 3.8) is 0 Å². The smallest absolute Gasteiger partial charge is 1.00 e. The van der Waals surface area contributed by atoms with E-state index in [1.54, 1.807) is 24.4 Å². The van der Waals surface area contributed by atoms with Crippen LogP contribution in [0.25, 0.3) is 10.6 Å². The molecular formula is C19H19N4NaO5S. The first-order valence-electron chi connectivity index (χ1n) is 8.62. The van der Waals surface area contributed by atoms with E-state index in [4.69, 9.17) is 0 Å². The van der Waals surface area contributed by atoms with Crippen LogP contribution in [-0.4, -0.2) is 51.8 Å². The van der Waals surface area contributed by atoms with Gasteiger partial charge in [0.25, 0.3) is 5.91 Å². The third-order valence-electron chi connectivity index (χ3n) is 4.27. The molecule has 1 aromatic heterocycles. The van der Waals surface area contributed by atoms with Crippen LogP contribution in [0.1, 0.15) is 19.5 Å². The number of nitrogens with zero attached hydrogens (tertiary/aromatic N) is 2. The number of aliphatic carboxylic acids is 1. The summed E-state index contributed by atoms with van der Waals surface area (Å²) >= 11 is 1.44. The summed E-state index contributed by atoms with van der Waals surface area (Å²) in [6, 6.07) is 3.99. The number of nitrogens with one attached hydrogen (secondary N) is 2. The number of thiazole rings is 1. The standard InChI is InChI=1S/C19H18N4O5S.Na.H/c1-23-7-5-14(24)16(18(23)27)22-19(28)21-13(10-15(25)26)11-3-2-4-12(9-11)17-20-6-8-29-17;;/h2-9,13,16H,10H2,1H3,(H,25,26)(H2,21,22,28);;/q;+1;-1/t13-,16?;;/m0../s1. The SMILES string of the molecule is CN1C=CC(=O)C(NC(=O)N[C@@H](CC(=O)O)c2cccc(-c3nccs3)c2)C1=O.[H-].[Na+]. The summed E-state index contributed by atoms with van der Waals surface area (Å²) in [7, 11) is 1.47. The van der Waals surface area contributed by atoms with Crippen molar-refractivity contribution in [1.29, 1.82) is 0 Å². The first kappa shape index (κ1) is 23.7. The van der Waals surface area contributed by atoms with E-state index in [-0.39, 0.29) is 37.4 Å². The Morgan fingerprint density at radius 2 is 2.13 bits per heavy atom. The van der Waals surface area contributed by atoms with Gasteiger partial charge >= 0.3 is 41.6 Å². The Labute approximate surface area is 200 Å². The number of hydrogen-bond donors (Lipinski definition) is 3. The van der Waals surface area contributed by atoms with Crippen molar-refractivity contribution in [2.24, 2.45) is 0 Å². The van der Waals surface area contributed by atoms with E-state index >= 15 is 0 Å². The second-order valence-corrected chi connectivity index (χ2v) is 7.23. The van der Waals surface area contributed by atoms with Gasteiger partial charge in [0.05, 0.1) is 12.5 Å². The fourth-order valence-electron chi connectivity index (χ4n) is 2.83. The van der Waals surface area contributed by atoms with Crippen molar-refractivity contribution < 1.29 is 55.3 Å².